The second-order valence-corrected chi connectivity index (χ2v) is 6.45. The van der Waals surface area contributed by atoms with E-state index in [0.29, 0.717) is 22.4 Å². The Labute approximate surface area is 163 Å². The molecule has 6 nitrogen and oxygen atoms in total. The van der Waals surface area contributed by atoms with Crippen molar-refractivity contribution in [3.63, 3.8) is 0 Å². The summed E-state index contributed by atoms with van der Waals surface area (Å²) in [4.78, 5) is 29.1. The number of hydrogen-bond donors (Lipinski definition) is 1. The van der Waals surface area contributed by atoms with Crippen LogP contribution in [-0.4, -0.2) is 28.2 Å². The van der Waals surface area contributed by atoms with Crippen molar-refractivity contribution in [3.05, 3.63) is 64.7 Å². The van der Waals surface area contributed by atoms with Gasteiger partial charge in [0.1, 0.15) is 11.6 Å². The highest BCUT2D eigenvalue weighted by molar-refractivity contribution is 5.78. The molecule has 0 fully saturated rings. The highest BCUT2D eigenvalue weighted by Gasteiger charge is 2.28. The Hall–Kier alpha value is -3.36. The third-order valence-corrected chi connectivity index (χ3v) is 4.11. The van der Waals surface area contributed by atoms with Crippen molar-refractivity contribution >= 4 is 16.8 Å². The van der Waals surface area contributed by atoms with Crippen molar-refractivity contribution in [3.8, 4) is 11.4 Å². The predicted octanol–water partition coefficient (Wildman–Crippen LogP) is 3.52. The van der Waals surface area contributed by atoms with Gasteiger partial charge in [-0.3, -0.25) is 14.2 Å². The minimum absolute atomic E-state index is 0.0179. The maximum absolute atomic E-state index is 13.1. The number of nitrogens with one attached hydrogen (secondary N) is 1. The second-order valence-electron chi connectivity index (χ2n) is 6.45. The van der Waals surface area contributed by atoms with Gasteiger partial charge in [-0.05, 0) is 43.3 Å². The first-order valence-corrected chi connectivity index (χ1v) is 8.74. The Morgan fingerprint density at radius 1 is 1.17 bits per heavy atom. The summed E-state index contributed by atoms with van der Waals surface area (Å²) in [6.45, 7) is 1.64. The number of carbonyl (C=O) groups excluding carboxylic acids is 1. The van der Waals surface area contributed by atoms with Gasteiger partial charge in [0.05, 0.1) is 22.6 Å². The summed E-state index contributed by atoms with van der Waals surface area (Å²) in [6.07, 6.45) is -4.45. The van der Waals surface area contributed by atoms with E-state index < -0.39 is 18.8 Å². The van der Waals surface area contributed by atoms with Crippen molar-refractivity contribution < 1.29 is 22.7 Å². The number of aromatic nitrogens is 2. The van der Waals surface area contributed by atoms with E-state index in [1.165, 1.54) is 35.8 Å². The molecule has 1 aromatic heterocycles. The van der Waals surface area contributed by atoms with Crippen LogP contribution in [-0.2, 0) is 4.79 Å². The number of halogens is 3. The van der Waals surface area contributed by atoms with E-state index in [4.69, 9.17) is 4.74 Å². The monoisotopic (exact) mass is 405 g/mol. The van der Waals surface area contributed by atoms with Crippen LogP contribution in [0.5, 0.6) is 5.75 Å². The fraction of sp³-hybridized carbons (Fsp3) is 0.250. The summed E-state index contributed by atoms with van der Waals surface area (Å²) in [5.41, 5.74) is 0.512. The standard InChI is InChI=1S/C20H18F3N3O3/c1-12(24-13(2)27)18-25-17-6-4-3-5-16(17)19(28)26(18)14-7-9-15(10-8-14)29-11-20(21,22)23/h3-10,12H,11H2,1-2H3,(H,24,27). The summed E-state index contributed by atoms with van der Waals surface area (Å²) in [5, 5.41) is 3.08. The molecule has 0 saturated carbocycles. The lowest BCUT2D eigenvalue weighted by molar-refractivity contribution is -0.153. The smallest absolute Gasteiger partial charge is 0.422 e. The number of nitrogens with zero attached hydrogens (tertiary/aromatic N) is 2. The normalized spacial score (nSPS) is 12.6. The third-order valence-electron chi connectivity index (χ3n) is 4.11. The quantitative estimate of drug-likeness (QED) is 0.705. The van der Waals surface area contributed by atoms with Gasteiger partial charge < -0.3 is 10.1 Å². The molecule has 0 aliphatic carbocycles. The van der Waals surface area contributed by atoms with Crippen LogP contribution in [0.2, 0.25) is 0 Å². The summed E-state index contributed by atoms with van der Waals surface area (Å²) >= 11 is 0. The van der Waals surface area contributed by atoms with Crippen molar-refractivity contribution in [1.82, 2.24) is 14.9 Å². The molecular formula is C20H18F3N3O3. The summed E-state index contributed by atoms with van der Waals surface area (Å²) in [5.74, 6) is 0.0274. The van der Waals surface area contributed by atoms with Gasteiger partial charge in [0.15, 0.2) is 6.61 Å². The fourth-order valence-electron chi connectivity index (χ4n) is 2.92. The zero-order valence-electron chi connectivity index (χ0n) is 15.7. The topological polar surface area (TPSA) is 73.2 Å². The summed E-state index contributed by atoms with van der Waals surface area (Å²) < 4.78 is 43.0. The van der Waals surface area contributed by atoms with Crippen molar-refractivity contribution in [2.75, 3.05) is 6.61 Å². The molecule has 0 aliphatic rings. The van der Waals surface area contributed by atoms with Crippen LogP contribution in [0.4, 0.5) is 13.2 Å². The minimum atomic E-state index is -4.45. The lowest BCUT2D eigenvalue weighted by Crippen LogP contribution is -2.32. The Bertz CT molecular complexity index is 1090. The van der Waals surface area contributed by atoms with E-state index in [2.05, 4.69) is 10.3 Å². The molecule has 9 heteroatoms. The molecule has 1 amide bonds. The molecule has 1 heterocycles. The SMILES string of the molecule is CC(=O)NC(C)c1nc2ccccc2c(=O)n1-c1ccc(OCC(F)(F)F)cc1. The number of fused-ring (bicyclic) bond motifs is 1. The molecule has 1 N–H and O–H groups in total. The average molecular weight is 405 g/mol. The Kier molecular flexibility index (Phi) is 5.58. The van der Waals surface area contributed by atoms with Crippen molar-refractivity contribution in [2.45, 2.75) is 26.1 Å². The first kappa shape index (κ1) is 20.4. The highest BCUT2D eigenvalue weighted by atomic mass is 19.4. The third kappa shape index (κ3) is 4.74. The second kappa shape index (κ2) is 7.94. The molecule has 0 radical (unpaired) electrons. The van der Waals surface area contributed by atoms with Crippen LogP contribution < -0.4 is 15.6 Å². The van der Waals surface area contributed by atoms with Gasteiger partial charge in [-0.1, -0.05) is 12.1 Å². The van der Waals surface area contributed by atoms with Crippen LogP contribution in [0.3, 0.4) is 0 Å². The zero-order chi connectivity index (χ0) is 21.2. The van der Waals surface area contributed by atoms with E-state index in [1.807, 2.05) is 0 Å². The van der Waals surface area contributed by atoms with Gasteiger partial charge in [0, 0.05) is 6.92 Å². The largest absolute Gasteiger partial charge is 0.484 e. The van der Waals surface area contributed by atoms with Gasteiger partial charge in [-0.2, -0.15) is 13.2 Å². The summed E-state index contributed by atoms with van der Waals surface area (Å²) in [7, 11) is 0. The van der Waals surface area contributed by atoms with Gasteiger partial charge in [-0.25, -0.2) is 4.98 Å². The van der Waals surface area contributed by atoms with Crippen LogP contribution in [0, 0.1) is 0 Å². The molecule has 0 aliphatic heterocycles. The molecule has 3 aromatic rings. The number of hydrogen-bond acceptors (Lipinski definition) is 4. The van der Waals surface area contributed by atoms with Crippen LogP contribution in [0.1, 0.15) is 25.7 Å². The van der Waals surface area contributed by atoms with Crippen molar-refractivity contribution in [2.24, 2.45) is 0 Å². The summed E-state index contributed by atoms with van der Waals surface area (Å²) in [6, 6.07) is 11.8. The molecule has 152 valence electrons. The zero-order valence-corrected chi connectivity index (χ0v) is 15.7. The molecule has 29 heavy (non-hydrogen) atoms. The molecule has 1 unspecified atom stereocenters. The van der Waals surface area contributed by atoms with Crippen LogP contribution >= 0.6 is 0 Å². The first-order valence-electron chi connectivity index (χ1n) is 8.74. The van der Waals surface area contributed by atoms with E-state index >= 15 is 0 Å². The Balaban J connectivity index is 2.08. The molecule has 1 atom stereocenters. The molecule has 0 spiro atoms. The van der Waals surface area contributed by atoms with Gasteiger partial charge in [-0.15, -0.1) is 0 Å². The number of carbonyl (C=O) groups is 1. The van der Waals surface area contributed by atoms with Crippen LogP contribution in [0.15, 0.2) is 53.3 Å². The number of amides is 1. The lowest BCUT2D eigenvalue weighted by Gasteiger charge is -2.19. The van der Waals surface area contributed by atoms with E-state index in [0.717, 1.165) is 0 Å². The molecule has 2 aromatic carbocycles. The first-order chi connectivity index (χ1) is 13.7. The van der Waals surface area contributed by atoms with E-state index in [-0.39, 0.29) is 17.2 Å². The molecular weight excluding hydrogens is 387 g/mol. The minimum Gasteiger partial charge on any atom is -0.484 e. The molecule has 0 saturated heterocycles. The van der Waals surface area contributed by atoms with Gasteiger partial charge >= 0.3 is 6.18 Å². The molecule has 3 rings (SSSR count). The average Bonchev–Trinajstić information content (AvgIpc) is 2.66. The van der Waals surface area contributed by atoms with Gasteiger partial charge in [0.25, 0.3) is 5.56 Å². The predicted molar refractivity (Wildman–Crippen MR) is 101 cm³/mol. The fourth-order valence-corrected chi connectivity index (χ4v) is 2.92. The van der Waals surface area contributed by atoms with Gasteiger partial charge in [0.2, 0.25) is 5.91 Å². The van der Waals surface area contributed by atoms with E-state index in [9.17, 15) is 22.8 Å². The maximum atomic E-state index is 13.1. The Morgan fingerprint density at radius 3 is 2.45 bits per heavy atom. The number of para-hydroxylation sites is 1. The van der Waals surface area contributed by atoms with Crippen molar-refractivity contribution in [1.29, 1.82) is 0 Å². The lowest BCUT2D eigenvalue weighted by atomic mass is 10.2. The Morgan fingerprint density at radius 2 is 1.83 bits per heavy atom. The number of ether oxygens (including phenoxy) is 1. The number of alkyl halides is 3. The molecule has 0 bridgehead atoms. The number of rotatable bonds is 5. The van der Waals surface area contributed by atoms with E-state index in [1.54, 1.807) is 31.2 Å². The highest BCUT2D eigenvalue weighted by Crippen LogP contribution is 2.22. The number of benzene rings is 2. The maximum Gasteiger partial charge on any atom is 0.422 e. The van der Waals surface area contributed by atoms with Crippen LogP contribution in [0.25, 0.3) is 16.6 Å².